The smallest absolute Gasteiger partial charge is 0.338 e. The molecule has 1 aromatic heterocycles. The van der Waals surface area contributed by atoms with E-state index in [2.05, 4.69) is 5.32 Å². The number of benzene rings is 1. The summed E-state index contributed by atoms with van der Waals surface area (Å²) in [5, 5.41) is 13.2. The molecule has 2 N–H and O–H groups in total. The second-order valence-corrected chi connectivity index (χ2v) is 5.18. The molecule has 2 rings (SSSR count). The van der Waals surface area contributed by atoms with Crippen molar-refractivity contribution in [3.8, 4) is 0 Å². The molecule has 1 amide bonds. The molecule has 1 heterocycles. The minimum atomic E-state index is -1.12. The summed E-state index contributed by atoms with van der Waals surface area (Å²) in [5.41, 5.74) is 0.523. The van der Waals surface area contributed by atoms with Crippen molar-refractivity contribution in [3.05, 3.63) is 52.4 Å². The van der Waals surface area contributed by atoms with Crippen LogP contribution in [-0.2, 0) is 11.2 Å². The number of rotatable bonds is 5. The SMILES string of the molecule is O=C(CCc1ccc(F)c(F)c1)Nc1sccc1C(=O)O. The van der Waals surface area contributed by atoms with E-state index in [1.54, 1.807) is 5.38 Å². The predicted molar refractivity (Wildman–Crippen MR) is 74.6 cm³/mol. The Balaban J connectivity index is 1.94. The minimum absolute atomic E-state index is 0.0289. The number of carboxylic acid groups (broad SMARTS) is 1. The van der Waals surface area contributed by atoms with E-state index in [0.717, 1.165) is 23.5 Å². The van der Waals surface area contributed by atoms with Gasteiger partial charge in [-0.3, -0.25) is 4.79 Å². The molecule has 2 aromatic rings. The number of aryl methyl sites for hydroxylation is 1. The van der Waals surface area contributed by atoms with Crippen molar-refractivity contribution in [1.82, 2.24) is 0 Å². The lowest BCUT2D eigenvalue weighted by Crippen LogP contribution is -2.13. The summed E-state index contributed by atoms with van der Waals surface area (Å²) in [6.45, 7) is 0. The fourth-order valence-corrected chi connectivity index (χ4v) is 2.51. The monoisotopic (exact) mass is 311 g/mol. The standard InChI is InChI=1S/C14H11F2NO3S/c15-10-3-1-8(7-11(10)16)2-4-12(18)17-13-9(14(19)20)5-6-21-13/h1,3,5-7H,2,4H2,(H,17,18)(H,19,20). The molecule has 7 heteroatoms. The van der Waals surface area contributed by atoms with Crippen LogP contribution in [0, 0.1) is 11.6 Å². The van der Waals surface area contributed by atoms with Gasteiger partial charge >= 0.3 is 5.97 Å². The van der Waals surface area contributed by atoms with Crippen LogP contribution in [0.1, 0.15) is 22.3 Å². The van der Waals surface area contributed by atoms with Crippen molar-refractivity contribution in [1.29, 1.82) is 0 Å². The van der Waals surface area contributed by atoms with Crippen molar-refractivity contribution in [2.75, 3.05) is 5.32 Å². The van der Waals surface area contributed by atoms with Crippen molar-refractivity contribution in [2.24, 2.45) is 0 Å². The van der Waals surface area contributed by atoms with Crippen molar-refractivity contribution in [2.45, 2.75) is 12.8 Å². The lowest BCUT2D eigenvalue weighted by molar-refractivity contribution is -0.116. The molecule has 0 unspecified atom stereocenters. The predicted octanol–water partition coefficient (Wildman–Crippen LogP) is 3.30. The number of carbonyl (C=O) groups excluding carboxylic acids is 1. The molecule has 0 spiro atoms. The average molecular weight is 311 g/mol. The Morgan fingerprint density at radius 1 is 1.19 bits per heavy atom. The van der Waals surface area contributed by atoms with Crippen LogP contribution >= 0.6 is 11.3 Å². The fraction of sp³-hybridized carbons (Fsp3) is 0.143. The molecule has 0 atom stereocenters. The van der Waals surface area contributed by atoms with E-state index in [1.165, 1.54) is 12.1 Å². The molecule has 0 saturated heterocycles. The molecule has 0 aliphatic rings. The van der Waals surface area contributed by atoms with Gasteiger partial charge in [0.1, 0.15) is 5.00 Å². The average Bonchev–Trinajstić information content (AvgIpc) is 2.88. The third kappa shape index (κ3) is 3.85. The Hall–Kier alpha value is -2.28. The first-order valence-corrected chi connectivity index (χ1v) is 6.90. The van der Waals surface area contributed by atoms with Crippen LogP contribution in [0.15, 0.2) is 29.6 Å². The maximum atomic E-state index is 13.0. The van der Waals surface area contributed by atoms with Gasteiger partial charge in [0.15, 0.2) is 11.6 Å². The number of hydrogen-bond donors (Lipinski definition) is 2. The van der Waals surface area contributed by atoms with E-state index >= 15 is 0 Å². The van der Waals surface area contributed by atoms with Crippen LogP contribution in [0.4, 0.5) is 13.8 Å². The van der Waals surface area contributed by atoms with Crippen molar-refractivity contribution in [3.63, 3.8) is 0 Å². The molecular weight excluding hydrogens is 300 g/mol. The van der Waals surface area contributed by atoms with Crippen LogP contribution in [0.25, 0.3) is 0 Å². The largest absolute Gasteiger partial charge is 0.478 e. The van der Waals surface area contributed by atoms with E-state index in [0.29, 0.717) is 5.56 Å². The molecular formula is C14H11F2NO3S. The van der Waals surface area contributed by atoms with Crippen LogP contribution < -0.4 is 5.32 Å². The van der Waals surface area contributed by atoms with Gasteiger partial charge in [0.05, 0.1) is 5.56 Å². The summed E-state index contributed by atoms with van der Waals surface area (Å²) in [5.74, 6) is -3.40. The highest BCUT2D eigenvalue weighted by atomic mass is 32.1. The molecule has 0 aliphatic carbocycles. The molecule has 110 valence electrons. The third-order valence-corrected chi connectivity index (χ3v) is 3.60. The lowest BCUT2D eigenvalue weighted by atomic mass is 10.1. The summed E-state index contributed by atoms with van der Waals surface area (Å²) in [7, 11) is 0. The van der Waals surface area contributed by atoms with Gasteiger partial charge < -0.3 is 10.4 Å². The van der Waals surface area contributed by atoms with Gasteiger partial charge in [0.25, 0.3) is 0 Å². The quantitative estimate of drug-likeness (QED) is 0.890. The molecule has 4 nitrogen and oxygen atoms in total. The van der Waals surface area contributed by atoms with Crippen molar-refractivity contribution >= 4 is 28.2 Å². The van der Waals surface area contributed by atoms with Gasteiger partial charge in [0.2, 0.25) is 5.91 Å². The normalized spacial score (nSPS) is 10.4. The van der Waals surface area contributed by atoms with Crippen molar-refractivity contribution < 1.29 is 23.5 Å². The molecule has 21 heavy (non-hydrogen) atoms. The second kappa shape index (κ2) is 6.45. The summed E-state index contributed by atoms with van der Waals surface area (Å²) < 4.78 is 25.8. The number of nitrogens with one attached hydrogen (secondary N) is 1. The summed E-state index contributed by atoms with van der Waals surface area (Å²) in [4.78, 5) is 22.6. The second-order valence-electron chi connectivity index (χ2n) is 4.27. The number of anilines is 1. The Morgan fingerprint density at radius 2 is 1.95 bits per heavy atom. The van der Waals surface area contributed by atoms with E-state index < -0.39 is 17.6 Å². The van der Waals surface area contributed by atoms with Crippen LogP contribution in [-0.4, -0.2) is 17.0 Å². The molecule has 1 aromatic carbocycles. The number of halogens is 2. The number of carboxylic acids is 1. The first-order chi connectivity index (χ1) is 9.97. The zero-order valence-corrected chi connectivity index (χ0v) is 11.5. The molecule has 0 radical (unpaired) electrons. The van der Waals surface area contributed by atoms with E-state index in [-0.39, 0.29) is 29.3 Å². The number of amides is 1. The highest BCUT2D eigenvalue weighted by Crippen LogP contribution is 2.23. The highest BCUT2D eigenvalue weighted by molar-refractivity contribution is 7.14. The van der Waals surface area contributed by atoms with Gasteiger partial charge in [-0.05, 0) is 35.6 Å². The fourth-order valence-electron chi connectivity index (χ4n) is 1.72. The number of hydrogen-bond acceptors (Lipinski definition) is 3. The zero-order valence-electron chi connectivity index (χ0n) is 10.7. The Labute approximate surface area is 123 Å². The first kappa shape index (κ1) is 15.1. The molecule has 0 bridgehead atoms. The van der Waals surface area contributed by atoms with E-state index in [4.69, 9.17) is 5.11 Å². The zero-order chi connectivity index (χ0) is 15.4. The lowest BCUT2D eigenvalue weighted by Gasteiger charge is -2.05. The van der Waals surface area contributed by atoms with Crippen LogP contribution in [0.3, 0.4) is 0 Å². The maximum absolute atomic E-state index is 13.0. The number of thiophene rings is 1. The molecule has 0 saturated carbocycles. The summed E-state index contributed by atoms with van der Waals surface area (Å²) >= 11 is 1.11. The van der Waals surface area contributed by atoms with E-state index in [1.807, 2.05) is 0 Å². The molecule has 0 fully saturated rings. The summed E-state index contributed by atoms with van der Waals surface area (Å²) in [6.07, 6.45) is 0.277. The van der Waals surface area contributed by atoms with Gasteiger partial charge in [-0.15, -0.1) is 11.3 Å². The van der Waals surface area contributed by atoms with Gasteiger partial charge in [-0.1, -0.05) is 6.07 Å². The van der Waals surface area contributed by atoms with Gasteiger partial charge in [0, 0.05) is 6.42 Å². The maximum Gasteiger partial charge on any atom is 0.338 e. The molecule has 0 aliphatic heterocycles. The van der Waals surface area contributed by atoms with E-state index in [9.17, 15) is 18.4 Å². The number of aromatic carboxylic acids is 1. The van der Waals surface area contributed by atoms with Gasteiger partial charge in [-0.2, -0.15) is 0 Å². The first-order valence-electron chi connectivity index (χ1n) is 6.02. The number of carbonyl (C=O) groups is 2. The van der Waals surface area contributed by atoms with Crippen LogP contribution in [0.5, 0.6) is 0 Å². The van der Waals surface area contributed by atoms with Gasteiger partial charge in [-0.25, -0.2) is 13.6 Å². The topological polar surface area (TPSA) is 66.4 Å². The van der Waals surface area contributed by atoms with Crippen LogP contribution in [0.2, 0.25) is 0 Å². The Bertz CT molecular complexity index is 685. The highest BCUT2D eigenvalue weighted by Gasteiger charge is 2.14. The Kier molecular flexibility index (Phi) is 4.64. The minimum Gasteiger partial charge on any atom is -0.478 e. The summed E-state index contributed by atoms with van der Waals surface area (Å²) in [6, 6.07) is 4.85. The Morgan fingerprint density at radius 3 is 2.62 bits per heavy atom. The third-order valence-electron chi connectivity index (χ3n) is 2.77.